The average molecular weight is 349 g/mol. The molecule has 108 valence electrons. The second-order valence-electron chi connectivity index (χ2n) is 4.94. The number of fused-ring (bicyclic) bond motifs is 1. The molecule has 5 heteroatoms. The van der Waals surface area contributed by atoms with E-state index in [1.54, 1.807) is 18.2 Å². The predicted molar refractivity (Wildman–Crippen MR) is 83.5 cm³/mol. The van der Waals surface area contributed by atoms with Crippen LogP contribution in [0.4, 0.5) is 4.39 Å². The van der Waals surface area contributed by atoms with Gasteiger partial charge < -0.3 is 9.67 Å². The zero-order chi connectivity index (χ0) is 15.0. The largest absolute Gasteiger partial charge is 0.388 e. The quantitative estimate of drug-likeness (QED) is 0.782. The molecule has 1 aromatic heterocycles. The van der Waals surface area contributed by atoms with Crippen molar-refractivity contribution >= 4 is 27.0 Å². The molecule has 3 nitrogen and oxygen atoms in total. The first kappa shape index (κ1) is 14.2. The number of benzene rings is 2. The van der Waals surface area contributed by atoms with Crippen molar-refractivity contribution in [2.75, 3.05) is 0 Å². The standard InChI is InChI=1S/C16H14BrFN2O/c1-20-13-8-3-2-7-12(13)19-15(20)9-14(21)10-5-4-6-11(17)16(10)18/h2-8,14,21H,9H2,1H3. The average Bonchev–Trinajstić information content (AvgIpc) is 2.79. The summed E-state index contributed by atoms with van der Waals surface area (Å²) in [6, 6.07) is 12.7. The number of halogens is 2. The molecule has 1 N–H and O–H groups in total. The van der Waals surface area contributed by atoms with Gasteiger partial charge in [0.25, 0.3) is 0 Å². The minimum absolute atomic E-state index is 0.262. The SMILES string of the molecule is Cn1c(CC(O)c2cccc(Br)c2F)nc2ccccc21. The van der Waals surface area contributed by atoms with Gasteiger partial charge in [-0.15, -0.1) is 0 Å². The van der Waals surface area contributed by atoms with Gasteiger partial charge in [-0.05, 0) is 34.1 Å². The number of aliphatic hydroxyl groups is 1. The molecular weight excluding hydrogens is 335 g/mol. The van der Waals surface area contributed by atoms with E-state index >= 15 is 0 Å². The zero-order valence-electron chi connectivity index (χ0n) is 11.4. The Morgan fingerprint density at radius 2 is 2.00 bits per heavy atom. The lowest BCUT2D eigenvalue weighted by atomic mass is 10.1. The molecule has 0 saturated carbocycles. The first-order chi connectivity index (χ1) is 10.1. The minimum atomic E-state index is -0.932. The second kappa shape index (κ2) is 5.58. The summed E-state index contributed by atoms with van der Waals surface area (Å²) >= 11 is 3.14. The van der Waals surface area contributed by atoms with Crippen LogP contribution in [0.5, 0.6) is 0 Å². The third kappa shape index (κ3) is 2.59. The van der Waals surface area contributed by atoms with Crippen LogP contribution in [-0.4, -0.2) is 14.7 Å². The van der Waals surface area contributed by atoms with E-state index in [0.717, 1.165) is 16.9 Å². The van der Waals surface area contributed by atoms with Gasteiger partial charge in [0.05, 0.1) is 21.6 Å². The van der Waals surface area contributed by atoms with Crippen LogP contribution in [0.25, 0.3) is 11.0 Å². The summed E-state index contributed by atoms with van der Waals surface area (Å²) in [5, 5.41) is 10.3. The van der Waals surface area contributed by atoms with Crippen molar-refractivity contribution in [2.24, 2.45) is 7.05 Å². The summed E-state index contributed by atoms with van der Waals surface area (Å²) in [6.45, 7) is 0. The topological polar surface area (TPSA) is 38.0 Å². The molecule has 21 heavy (non-hydrogen) atoms. The van der Waals surface area contributed by atoms with Crippen LogP contribution >= 0.6 is 15.9 Å². The molecule has 0 aliphatic carbocycles. The van der Waals surface area contributed by atoms with Crippen molar-refractivity contribution in [3.63, 3.8) is 0 Å². The Bertz CT molecular complexity index is 800. The highest BCUT2D eigenvalue weighted by molar-refractivity contribution is 9.10. The molecule has 2 aromatic carbocycles. The van der Waals surface area contributed by atoms with Crippen molar-refractivity contribution < 1.29 is 9.50 Å². The Hall–Kier alpha value is -1.72. The highest BCUT2D eigenvalue weighted by atomic mass is 79.9. The molecule has 0 aliphatic rings. The maximum Gasteiger partial charge on any atom is 0.143 e. The van der Waals surface area contributed by atoms with Gasteiger partial charge in [0.2, 0.25) is 0 Å². The molecule has 0 amide bonds. The number of para-hydroxylation sites is 2. The Balaban J connectivity index is 1.94. The molecule has 1 atom stereocenters. The number of aliphatic hydroxyl groups excluding tert-OH is 1. The monoisotopic (exact) mass is 348 g/mol. The summed E-state index contributed by atoms with van der Waals surface area (Å²) < 4.78 is 16.3. The van der Waals surface area contributed by atoms with Gasteiger partial charge in [-0.2, -0.15) is 0 Å². The molecule has 0 fully saturated rings. The number of hydrogen-bond acceptors (Lipinski definition) is 2. The number of aromatic nitrogens is 2. The predicted octanol–water partition coefficient (Wildman–Crippen LogP) is 3.75. The molecule has 0 bridgehead atoms. The van der Waals surface area contributed by atoms with Crippen LogP contribution in [0.2, 0.25) is 0 Å². The van der Waals surface area contributed by atoms with Crippen molar-refractivity contribution in [1.82, 2.24) is 9.55 Å². The smallest absolute Gasteiger partial charge is 0.143 e. The highest BCUT2D eigenvalue weighted by Gasteiger charge is 2.18. The fourth-order valence-electron chi connectivity index (χ4n) is 2.44. The van der Waals surface area contributed by atoms with Gasteiger partial charge in [-0.25, -0.2) is 9.37 Å². The molecule has 0 spiro atoms. The molecule has 3 rings (SSSR count). The van der Waals surface area contributed by atoms with Gasteiger partial charge in [0.1, 0.15) is 11.6 Å². The van der Waals surface area contributed by atoms with Crippen molar-refractivity contribution in [3.8, 4) is 0 Å². The third-order valence-corrected chi connectivity index (χ3v) is 4.21. The fraction of sp³-hybridized carbons (Fsp3) is 0.188. The minimum Gasteiger partial charge on any atom is -0.388 e. The Morgan fingerprint density at radius 1 is 1.24 bits per heavy atom. The van der Waals surface area contributed by atoms with E-state index in [1.165, 1.54) is 0 Å². The number of hydrogen-bond donors (Lipinski definition) is 1. The first-order valence-electron chi connectivity index (χ1n) is 6.60. The Kier molecular flexibility index (Phi) is 3.78. The van der Waals surface area contributed by atoms with E-state index < -0.39 is 11.9 Å². The van der Waals surface area contributed by atoms with Gasteiger partial charge in [-0.1, -0.05) is 24.3 Å². The van der Waals surface area contributed by atoms with E-state index in [4.69, 9.17) is 0 Å². The van der Waals surface area contributed by atoms with Crippen LogP contribution in [0, 0.1) is 5.82 Å². The normalized spacial score (nSPS) is 12.8. The van der Waals surface area contributed by atoms with Gasteiger partial charge >= 0.3 is 0 Å². The maximum absolute atomic E-state index is 14.0. The fourth-order valence-corrected chi connectivity index (χ4v) is 2.82. The van der Waals surface area contributed by atoms with E-state index in [1.807, 2.05) is 35.9 Å². The third-order valence-electron chi connectivity index (χ3n) is 3.60. The van der Waals surface area contributed by atoms with Gasteiger partial charge in [-0.3, -0.25) is 0 Å². The van der Waals surface area contributed by atoms with E-state index in [-0.39, 0.29) is 12.0 Å². The van der Waals surface area contributed by atoms with E-state index in [2.05, 4.69) is 20.9 Å². The van der Waals surface area contributed by atoms with E-state index in [9.17, 15) is 9.50 Å². The number of nitrogens with zero attached hydrogens (tertiary/aromatic N) is 2. The molecule has 0 aliphatic heterocycles. The van der Waals surface area contributed by atoms with Gasteiger partial charge in [0.15, 0.2) is 0 Å². The lowest BCUT2D eigenvalue weighted by Crippen LogP contribution is -2.08. The summed E-state index contributed by atoms with van der Waals surface area (Å²) in [7, 11) is 1.90. The van der Waals surface area contributed by atoms with E-state index in [0.29, 0.717) is 4.47 Å². The molecule has 0 saturated heterocycles. The number of aryl methyl sites for hydroxylation is 1. The Labute approximate surface area is 130 Å². The van der Waals surface area contributed by atoms with Crippen LogP contribution in [0.3, 0.4) is 0 Å². The first-order valence-corrected chi connectivity index (χ1v) is 7.39. The van der Waals surface area contributed by atoms with Crippen LogP contribution in [0.15, 0.2) is 46.9 Å². The van der Waals surface area contributed by atoms with Crippen molar-refractivity contribution in [2.45, 2.75) is 12.5 Å². The number of imidazole rings is 1. The summed E-state index contributed by atoms with van der Waals surface area (Å²) in [5.74, 6) is 0.298. The number of rotatable bonds is 3. The van der Waals surface area contributed by atoms with Crippen LogP contribution < -0.4 is 0 Å². The molecule has 1 heterocycles. The lowest BCUT2D eigenvalue weighted by molar-refractivity contribution is 0.170. The lowest BCUT2D eigenvalue weighted by Gasteiger charge is -2.12. The van der Waals surface area contributed by atoms with Crippen LogP contribution in [0.1, 0.15) is 17.5 Å². The summed E-state index contributed by atoms with van der Waals surface area (Å²) in [4.78, 5) is 4.50. The zero-order valence-corrected chi connectivity index (χ0v) is 13.0. The van der Waals surface area contributed by atoms with Crippen molar-refractivity contribution in [3.05, 3.63) is 64.1 Å². The maximum atomic E-state index is 14.0. The molecular formula is C16H14BrFN2O. The summed E-state index contributed by atoms with van der Waals surface area (Å²) in [5.41, 5.74) is 2.14. The van der Waals surface area contributed by atoms with Crippen LogP contribution in [-0.2, 0) is 13.5 Å². The molecule has 1 unspecified atom stereocenters. The van der Waals surface area contributed by atoms with Crippen molar-refractivity contribution in [1.29, 1.82) is 0 Å². The second-order valence-corrected chi connectivity index (χ2v) is 5.79. The summed E-state index contributed by atoms with van der Waals surface area (Å²) in [6.07, 6.45) is -0.670. The Morgan fingerprint density at radius 3 is 2.76 bits per heavy atom. The highest BCUT2D eigenvalue weighted by Crippen LogP contribution is 2.26. The molecule has 0 radical (unpaired) electrons. The molecule has 3 aromatic rings. The van der Waals surface area contributed by atoms with Gasteiger partial charge in [0, 0.05) is 19.0 Å².